The summed E-state index contributed by atoms with van der Waals surface area (Å²) in [7, 11) is 2.92. The molecule has 116 valence electrons. The molecule has 0 aliphatic heterocycles. The summed E-state index contributed by atoms with van der Waals surface area (Å²) in [5, 5.41) is 9.32. The number of nitrogens with zero attached hydrogens (tertiary/aromatic N) is 1. The van der Waals surface area contributed by atoms with Crippen LogP contribution in [0.3, 0.4) is 0 Å². The van der Waals surface area contributed by atoms with Crippen molar-refractivity contribution < 1.29 is 24.2 Å². The molecule has 0 heterocycles. The predicted octanol–water partition coefficient (Wildman–Crippen LogP) is 2.13. The molecule has 1 aromatic rings. The lowest BCUT2D eigenvalue weighted by molar-refractivity contribution is -0.137. The Kier molecular flexibility index (Phi) is 7.20. The second-order valence-electron chi connectivity index (χ2n) is 4.08. The van der Waals surface area contributed by atoms with Gasteiger partial charge < -0.3 is 19.5 Å². The van der Waals surface area contributed by atoms with E-state index in [1.54, 1.807) is 6.07 Å². The van der Waals surface area contributed by atoms with Gasteiger partial charge in [0.05, 0.1) is 24.3 Å². The number of aliphatic carboxylic acids is 1. The van der Waals surface area contributed by atoms with Crippen molar-refractivity contribution in [3.05, 3.63) is 26.3 Å². The largest absolute Gasteiger partial charge is 0.496 e. The fourth-order valence-electron chi connectivity index (χ4n) is 1.65. The monoisotopic (exact) mass is 427 g/mol. The van der Waals surface area contributed by atoms with Crippen molar-refractivity contribution in [3.63, 3.8) is 0 Å². The van der Waals surface area contributed by atoms with E-state index in [2.05, 4.69) is 0 Å². The van der Waals surface area contributed by atoms with Gasteiger partial charge in [0.1, 0.15) is 12.3 Å². The number of rotatable bonds is 7. The fourth-order valence-corrected chi connectivity index (χ4v) is 2.25. The smallest absolute Gasteiger partial charge is 0.323 e. The van der Waals surface area contributed by atoms with Crippen LogP contribution in [-0.4, -0.2) is 55.8 Å². The lowest BCUT2D eigenvalue weighted by Crippen LogP contribution is -2.38. The first kappa shape index (κ1) is 18.0. The molecule has 8 heteroatoms. The molecule has 0 atom stereocenters. The van der Waals surface area contributed by atoms with Crippen LogP contribution in [0.15, 0.2) is 12.1 Å². The molecule has 0 bridgehead atoms. The topological polar surface area (TPSA) is 76.1 Å². The zero-order valence-electron chi connectivity index (χ0n) is 11.6. The Morgan fingerprint density at radius 3 is 2.57 bits per heavy atom. The van der Waals surface area contributed by atoms with Crippen molar-refractivity contribution in [2.24, 2.45) is 0 Å². The van der Waals surface area contributed by atoms with E-state index < -0.39 is 18.4 Å². The molecular formula is C13H15ClINO5. The maximum atomic E-state index is 12.5. The number of methoxy groups -OCH3 is 2. The third kappa shape index (κ3) is 5.01. The van der Waals surface area contributed by atoms with Gasteiger partial charge in [-0.1, -0.05) is 11.6 Å². The van der Waals surface area contributed by atoms with Crippen LogP contribution < -0.4 is 4.74 Å². The minimum absolute atomic E-state index is 0.161. The van der Waals surface area contributed by atoms with E-state index >= 15 is 0 Å². The molecule has 0 unspecified atom stereocenters. The van der Waals surface area contributed by atoms with Crippen LogP contribution in [0.1, 0.15) is 10.4 Å². The summed E-state index contributed by atoms with van der Waals surface area (Å²) in [6, 6.07) is 3.11. The number of benzene rings is 1. The van der Waals surface area contributed by atoms with Gasteiger partial charge in [-0.2, -0.15) is 0 Å². The van der Waals surface area contributed by atoms with E-state index in [1.165, 1.54) is 25.2 Å². The van der Waals surface area contributed by atoms with Crippen molar-refractivity contribution in [1.82, 2.24) is 4.90 Å². The van der Waals surface area contributed by atoms with Gasteiger partial charge in [0.2, 0.25) is 0 Å². The molecule has 0 spiro atoms. The van der Waals surface area contributed by atoms with Crippen LogP contribution in [0, 0.1) is 3.57 Å². The lowest BCUT2D eigenvalue weighted by atomic mass is 10.1. The van der Waals surface area contributed by atoms with Gasteiger partial charge >= 0.3 is 5.97 Å². The SMILES string of the molecule is COCCN(CC(=O)O)C(=O)c1cc(Cl)c(I)cc1OC. The Hall–Kier alpha value is -1.06. The summed E-state index contributed by atoms with van der Waals surface area (Å²) in [6.07, 6.45) is 0. The van der Waals surface area contributed by atoms with E-state index in [-0.39, 0.29) is 18.7 Å². The van der Waals surface area contributed by atoms with E-state index in [9.17, 15) is 9.59 Å². The highest BCUT2D eigenvalue weighted by atomic mass is 127. The summed E-state index contributed by atoms with van der Waals surface area (Å²) in [4.78, 5) is 24.6. The van der Waals surface area contributed by atoms with Crippen LogP contribution in [0.5, 0.6) is 5.75 Å². The molecule has 1 amide bonds. The summed E-state index contributed by atoms with van der Waals surface area (Å²) >= 11 is 8.05. The van der Waals surface area contributed by atoms with Gasteiger partial charge in [-0.05, 0) is 34.7 Å². The second kappa shape index (κ2) is 8.40. The molecular weight excluding hydrogens is 413 g/mol. The third-order valence-corrected chi connectivity index (χ3v) is 4.18. The molecule has 1 N–H and O–H groups in total. The summed E-state index contributed by atoms with van der Waals surface area (Å²) in [5.74, 6) is -1.22. The second-order valence-corrected chi connectivity index (χ2v) is 5.65. The van der Waals surface area contributed by atoms with Crippen LogP contribution in [0.2, 0.25) is 5.02 Å². The van der Waals surface area contributed by atoms with Crippen LogP contribution in [0.25, 0.3) is 0 Å². The van der Waals surface area contributed by atoms with E-state index in [0.717, 1.165) is 3.57 Å². The Bertz CT molecular complexity index is 538. The molecule has 6 nitrogen and oxygen atoms in total. The number of carbonyl (C=O) groups excluding carboxylic acids is 1. The van der Waals surface area contributed by atoms with Gasteiger partial charge in [-0.25, -0.2) is 0 Å². The Morgan fingerprint density at radius 1 is 1.38 bits per heavy atom. The Labute approximate surface area is 141 Å². The Balaban J connectivity index is 3.12. The van der Waals surface area contributed by atoms with Crippen LogP contribution >= 0.6 is 34.2 Å². The highest BCUT2D eigenvalue weighted by Crippen LogP contribution is 2.29. The van der Waals surface area contributed by atoms with Crippen molar-refractivity contribution >= 4 is 46.1 Å². The number of halogens is 2. The first-order valence-corrected chi connectivity index (χ1v) is 7.39. The molecule has 0 saturated carbocycles. The van der Waals surface area contributed by atoms with Crippen molar-refractivity contribution in [1.29, 1.82) is 0 Å². The number of carboxylic acids is 1. The van der Waals surface area contributed by atoms with Gasteiger partial charge in [0, 0.05) is 17.2 Å². The lowest BCUT2D eigenvalue weighted by Gasteiger charge is -2.21. The van der Waals surface area contributed by atoms with E-state index in [4.69, 9.17) is 26.2 Å². The molecule has 1 aromatic carbocycles. The fraction of sp³-hybridized carbons (Fsp3) is 0.385. The maximum Gasteiger partial charge on any atom is 0.323 e. The third-order valence-electron chi connectivity index (χ3n) is 2.65. The molecule has 0 radical (unpaired) electrons. The van der Waals surface area contributed by atoms with Gasteiger partial charge in [0.15, 0.2) is 0 Å². The molecule has 1 rings (SSSR count). The van der Waals surface area contributed by atoms with Crippen molar-refractivity contribution in [3.8, 4) is 5.75 Å². The zero-order chi connectivity index (χ0) is 16.0. The quantitative estimate of drug-likeness (QED) is 0.675. The standard InChI is InChI=1S/C13H15ClINO5/c1-20-4-3-16(7-12(17)18)13(19)8-5-9(14)10(15)6-11(8)21-2/h5-6H,3-4,7H2,1-2H3,(H,17,18). The number of hydrogen-bond acceptors (Lipinski definition) is 4. The van der Waals surface area contributed by atoms with E-state index in [0.29, 0.717) is 10.8 Å². The minimum atomic E-state index is -1.10. The molecule has 0 aromatic heterocycles. The van der Waals surface area contributed by atoms with Crippen LogP contribution in [0.4, 0.5) is 0 Å². The average molecular weight is 428 g/mol. The van der Waals surface area contributed by atoms with Crippen LogP contribution in [-0.2, 0) is 9.53 Å². The Morgan fingerprint density at radius 2 is 2.05 bits per heavy atom. The van der Waals surface area contributed by atoms with Crippen molar-refractivity contribution in [2.45, 2.75) is 0 Å². The highest BCUT2D eigenvalue weighted by molar-refractivity contribution is 14.1. The zero-order valence-corrected chi connectivity index (χ0v) is 14.5. The maximum absolute atomic E-state index is 12.5. The average Bonchev–Trinajstić information content (AvgIpc) is 2.44. The van der Waals surface area contributed by atoms with E-state index in [1.807, 2.05) is 22.6 Å². The summed E-state index contributed by atoms with van der Waals surface area (Å²) in [6.45, 7) is -0.0250. The molecule has 0 saturated heterocycles. The minimum Gasteiger partial charge on any atom is -0.496 e. The molecule has 0 aliphatic carbocycles. The molecule has 0 fully saturated rings. The first-order valence-electron chi connectivity index (χ1n) is 5.93. The number of ether oxygens (including phenoxy) is 2. The number of amides is 1. The number of carboxylic acid groups (broad SMARTS) is 1. The number of hydrogen-bond donors (Lipinski definition) is 1. The van der Waals surface area contributed by atoms with Crippen molar-refractivity contribution in [2.75, 3.05) is 33.9 Å². The number of carbonyl (C=O) groups is 2. The van der Waals surface area contributed by atoms with Gasteiger partial charge in [-0.3, -0.25) is 9.59 Å². The summed E-state index contributed by atoms with van der Waals surface area (Å²) < 4.78 is 10.8. The van der Waals surface area contributed by atoms with Gasteiger partial charge in [0.25, 0.3) is 5.91 Å². The molecule has 21 heavy (non-hydrogen) atoms. The summed E-state index contributed by atoms with van der Waals surface area (Å²) in [5.41, 5.74) is 0.222. The predicted molar refractivity (Wildman–Crippen MR) is 86.1 cm³/mol. The normalized spacial score (nSPS) is 10.3. The molecule has 0 aliphatic rings. The first-order chi connectivity index (χ1) is 9.90. The highest BCUT2D eigenvalue weighted by Gasteiger charge is 2.22. The van der Waals surface area contributed by atoms with Gasteiger partial charge in [-0.15, -0.1) is 0 Å².